The fourth-order valence-corrected chi connectivity index (χ4v) is 10.4. The largest absolute Gasteiger partial charge is 0.546 e. The van der Waals surface area contributed by atoms with E-state index in [9.17, 15) is 9.59 Å². The smallest absolute Gasteiger partial charge is 0.325 e. The molecule has 0 aromatic heterocycles. The van der Waals surface area contributed by atoms with Crippen LogP contribution in [0.4, 0.5) is 0 Å². The molecule has 0 aromatic carbocycles. The van der Waals surface area contributed by atoms with Gasteiger partial charge in [-0.2, -0.15) is 0 Å². The van der Waals surface area contributed by atoms with Gasteiger partial charge in [-0.1, -0.05) is 41.5 Å². The SMILES string of the molecule is C#CCC(C(=O)OCC)(C(=O)OCC)C1C=C(O[Si](C(C)C)(C(C)C)C(C)C)CC1. The van der Waals surface area contributed by atoms with Crippen molar-refractivity contribution < 1.29 is 23.5 Å². The van der Waals surface area contributed by atoms with Crippen LogP contribution in [-0.2, 0) is 23.5 Å². The average Bonchev–Trinajstić information content (AvgIpc) is 3.12. The fraction of sp³-hybridized carbons (Fsp3) is 0.750. The molecular weight excluding hydrogens is 396 g/mol. The molecule has 30 heavy (non-hydrogen) atoms. The molecule has 170 valence electrons. The van der Waals surface area contributed by atoms with Gasteiger partial charge in [-0.05, 0) is 43.0 Å². The molecule has 1 aliphatic carbocycles. The minimum atomic E-state index is -2.13. The first-order valence-electron chi connectivity index (χ1n) is 11.2. The summed E-state index contributed by atoms with van der Waals surface area (Å²) in [6.45, 7) is 17.2. The van der Waals surface area contributed by atoms with Gasteiger partial charge in [0, 0.05) is 18.8 Å². The Morgan fingerprint density at radius 1 is 1.07 bits per heavy atom. The number of rotatable bonds is 11. The average molecular weight is 437 g/mol. The molecule has 0 saturated carbocycles. The van der Waals surface area contributed by atoms with Crippen LogP contribution in [0, 0.1) is 23.7 Å². The summed E-state index contributed by atoms with van der Waals surface area (Å²) in [5.74, 6) is 1.77. The Hall–Kier alpha value is -1.74. The van der Waals surface area contributed by atoms with Crippen LogP contribution in [0.3, 0.4) is 0 Å². The minimum Gasteiger partial charge on any atom is -0.546 e. The van der Waals surface area contributed by atoms with E-state index in [4.69, 9.17) is 20.3 Å². The van der Waals surface area contributed by atoms with E-state index in [0.29, 0.717) is 29.5 Å². The van der Waals surface area contributed by atoms with E-state index >= 15 is 0 Å². The van der Waals surface area contributed by atoms with E-state index in [-0.39, 0.29) is 19.6 Å². The van der Waals surface area contributed by atoms with Gasteiger partial charge in [0.25, 0.3) is 8.32 Å². The number of esters is 2. The Kier molecular flexibility index (Phi) is 9.68. The summed E-state index contributed by atoms with van der Waals surface area (Å²) in [7, 11) is -2.13. The maximum atomic E-state index is 13.0. The normalized spacial score (nSPS) is 17.1. The molecule has 1 rings (SSSR count). The molecule has 0 bridgehead atoms. The summed E-state index contributed by atoms with van der Waals surface area (Å²) in [6.07, 6.45) is 8.77. The van der Waals surface area contributed by atoms with Crippen LogP contribution in [0.15, 0.2) is 11.8 Å². The van der Waals surface area contributed by atoms with E-state index < -0.39 is 31.6 Å². The monoisotopic (exact) mass is 436 g/mol. The highest BCUT2D eigenvalue weighted by Gasteiger charge is 2.55. The third-order valence-electron chi connectivity index (χ3n) is 6.40. The molecule has 1 unspecified atom stereocenters. The molecule has 0 aliphatic heterocycles. The lowest BCUT2D eigenvalue weighted by Crippen LogP contribution is -2.47. The number of hydrogen-bond donors (Lipinski definition) is 0. The Bertz CT molecular complexity index is 632. The molecular formula is C24H40O5Si. The van der Waals surface area contributed by atoms with Crippen molar-refractivity contribution in [2.24, 2.45) is 11.3 Å². The first kappa shape index (κ1) is 26.3. The molecule has 1 atom stereocenters. The fourth-order valence-electron chi connectivity index (χ4n) is 5.09. The van der Waals surface area contributed by atoms with E-state index in [0.717, 1.165) is 5.76 Å². The molecule has 0 heterocycles. The van der Waals surface area contributed by atoms with Gasteiger partial charge in [0.1, 0.15) is 0 Å². The molecule has 0 saturated heterocycles. The van der Waals surface area contributed by atoms with Crippen molar-refractivity contribution in [3.05, 3.63) is 11.8 Å². The second-order valence-electron chi connectivity index (χ2n) is 8.99. The van der Waals surface area contributed by atoms with Crippen molar-refractivity contribution >= 4 is 20.3 Å². The third-order valence-corrected chi connectivity index (χ3v) is 12.4. The summed E-state index contributed by atoms with van der Waals surface area (Å²) < 4.78 is 17.4. The number of ether oxygens (including phenoxy) is 2. The Labute approximate surface area is 184 Å². The summed E-state index contributed by atoms with van der Waals surface area (Å²) in [5.41, 5.74) is -0.224. The topological polar surface area (TPSA) is 61.8 Å². The van der Waals surface area contributed by atoms with Gasteiger partial charge in [-0.3, -0.25) is 9.59 Å². The highest BCUT2D eigenvalue weighted by molar-refractivity contribution is 6.77. The van der Waals surface area contributed by atoms with Gasteiger partial charge < -0.3 is 13.9 Å². The van der Waals surface area contributed by atoms with Crippen molar-refractivity contribution in [1.29, 1.82) is 0 Å². The molecule has 0 amide bonds. The standard InChI is InChI=1S/C24H40O5Si/c1-10-15-24(22(25)27-11-2,23(26)28-12-3)20-13-14-21(16-20)29-30(17(4)5,18(6)7)19(8)9/h1,16-20H,11-15H2,2-9H3. The second-order valence-corrected chi connectivity index (χ2v) is 14.4. The number of carbonyl (C=O) groups excluding carboxylic acids is 2. The molecule has 5 nitrogen and oxygen atoms in total. The molecule has 0 fully saturated rings. The van der Waals surface area contributed by atoms with E-state index in [1.807, 2.05) is 6.08 Å². The highest BCUT2D eigenvalue weighted by Crippen LogP contribution is 2.48. The van der Waals surface area contributed by atoms with Gasteiger partial charge in [-0.15, -0.1) is 12.3 Å². The Morgan fingerprint density at radius 2 is 1.53 bits per heavy atom. The van der Waals surface area contributed by atoms with Crippen LogP contribution in [-0.4, -0.2) is 33.5 Å². The van der Waals surface area contributed by atoms with Crippen LogP contribution < -0.4 is 0 Å². The lowest BCUT2D eigenvalue weighted by molar-refractivity contribution is -0.175. The molecule has 0 radical (unpaired) electrons. The third kappa shape index (κ3) is 4.94. The maximum Gasteiger partial charge on any atom is 0.325 e. The van der Waals surface area contributed by atoms with Crippen LogP contribution in [0.25, 0.3) is 0 Å². The van der Waals surface area contributed by atoms with Crippen LogP contribution in [0.1, 0.15) is 74.7 Å². The number of carbonyl (C=O) groups is 2. The zero-order valence-electron chi connectivity index (χ0n) is 20.0. The van der Waals surface area contributed by atoms with Crippen molar-refractivity contribution in [2.75, 3.05) is 13.2 Å². The van der Waals surface area contributed by atoms with Crippen molar-refractivity contribution in [2.45, 2.75) is 91.3 Å². The van der Waals surface area contributed by atoms with E-state index in [2.05, 4.69) is 47.5 Å². The summed E-state index contributed by atoms with van der Waals surface area (Å²) >= 11 is 0. The molecule has 0 spiro atoms. The summed E-state index contributed by atoms with van der Waals surface area (Å²) in [4.78, 5) is 26.0. The second kappa shape index (κ2) is 11.0. The van der Waals surface area contributed by atoms with Gasteiger partial charge in [0.2, 0.25) is 0 Å². The van der Waals surface area contributed by atoms with Crippen molar-refractivity contribution in [3.8, 4) is 12.3 Å². The first-order valence-corrected chi connectivity index (χ1v) is 13.4. The zero-order chi connectivity index (χ0) is 23.1. The Morgan fingerprint density at radius 3 is 1.90 bits per heavy atom. The molecule has 6 heteroatoms. The molecule has 1 aliphatic rings. The predicted octanol–water partition coefficient (Wildman–Crippen LogP) is 5.61. The minimum absolute atomic E-state index is 0.0553. The van der Waals surface area contributed by atoms with Crippen LogP contribution >= 0.6 is 0 Å². The highest BCUT2D eigenvalue weighted by atomic mass is 28.4. The predicted molar refractivity (Wildman–Crippen MR) is 122 cm³/mol. The van der Waals surface area contributed by atoms with Crippen LogP contribution in [0.2, 0.25) is 16.6 Å². The number of hydrogen-bond acceptors (Lipinski definition) is 5. The van der Waals surface area contributed by atoms with Crippen LogP contribution in [0.5, 0.6) is 0 Å². The van der Waals surface area contributed by atoms with Crippen molar-refractivity contribution in [3.63, 3.8) is 0 Å². The maximum absolute atomic E-state index is 13.0. The molecule has 0 N–H and O–H groups in total. The van der Waals surface area contributed by atoms with Gasteiger partial charge in [0.05, 0.1) is 19.0 Å². The van der Waals surface area contributed by atoms with Gasteiger partial charge in [-0.25, -0.2) is 0 Å². The zero-order valence-corrected chi connectivity index (χ0v) is 21.0. The quantitative estimate of drug-likeness (QED) is 0.182. The van der Waals surface area contributed by atoms with Gasteiger partial charge in [0.15, 0.2) is 5.41 Å². The number of allylic oxidation sites excluding steroid dienone is 2. The van der Waals surface area contributed by atoms with Crippen molar-refractivity contribution in [1.82, 2.24) is 0 Å². The first-order chi connectivity index (χ1) is 14.0. The number of terminal acetylenes is 1. The van der Waals surface area contributed by atoms with Gasteiger partial charge >= 0.3 is 11.9 Å². The van der Waals surface area contributed by atoms with E-state index in [1.54, 1.807) is 13.8 Å². The lowest BCUT2D eigenvalue weighted by Gasteiger charge is -2.42. The summed E-state index contributed by atoms with van der Waals surface area (Å²) in [5, 5.41) is 0. The Balaban J connectivity index is 3.41. The van der Waals surface area contributed by atoms with E-state index in [1.165, 1.54) is 0 Å². The summed E-state index contributed by atoms with van der Waals surface area (Å²) in [6, 6.07) is 0. The molecule has 0 aromatic rings. The lowest BCUT2D eigenvalue weighted by atomic mass is 9.72.